The van der Waals surface area contributed by atoms with Gasteiger partial charge in [-0.25, -0.2) is 0 Å². The number of fused-ring (bicyclic) bond motifs is 3. The number of aliphatic hydroxyl groups excluding tert-OH is 1. The van der Waals surface area contributed by atoms with Crippen molar-refractivity contribution >= 4 is 0 Å². The monoisotopic (exact) mass is 386 g/mol. The standard InChI is InChI=1S/C25H38O3/c1-7-8-9-10-11-24(3,4)17-14-19(26)22-18-12-16(2)13-20(27)23(18)25(5,6)28-21(22)15-17/h13-15,18,20,23,26-27H,7-12H2,1-6H3/t18-,20?,23+/m0/s1. The minimum Gasteiger partial charge on any atom is -0.508 e. The summed E-state index contributed by atoms with van der Waals surface area (Å²) < 4.78 is 6.40. The number of hydrogen-bond donors (Lipinski definition) is 2. The third kappa shape index (κ3) is 3.96. The lowest BCUT2D eigenvalue weighted by Gasteiger charge is -2.49. The molecule has 28 heavy (non-hydrogen) atoms. The molecule has 3 heteroatoms. The van der Waals surface area contributed by atoms with E-state index in [-0.39, 0.29) is 17.3 Å². The Balaban J connectivity index is 1.96. The molecule has 1 aliphatic heterocycles. The van der Waals surface area contributed by atoms with Crippen molar-refractivity contribution in [1.82, 2.24) is 0 Å². The molecular weight excluding hydrogens is 348 g/mol. The average molecular weight is 387 g/mol. The molecule has 1 unspecified atom stereocenters. The smallest absolute Gasteiger partial charge is 0.127 e. The molecule has 1 aliphatic carbocycles. The number of ether oxygens (including phenoxy) is 1. The van der Waals surface area contributed by atoms with Gasteiger partial charge in [0.1, 0.15) is 17.1 Å². The van der Waals surface area contributed by atoms with Gasteiger partial charge < -0.3 is 14.9 Å². The Hall–Kier alpha value is -1.48. The zero-order valence-electron chi connectivity index (χ0n) is 18.5. The molecule has 1 heterocycles. The molecule has 0 fully saturated rings. The summed E-state index contributed by atoms with van der Waals surface area (Å²) in [5.41, 5.74) is 2.70. The van der Waals surface area contributed by atoms with E-state index < -0.39 is 11.7 Å². The lowest BCUT2D eigenvalue weighted by Crippen LogP contribution is -2.51. The van der Waals surface area contributed by atoms with Gasteiger partial charge in [-0.2, -0.15) is 0 Å². The summed E-state index contributed by atoms with van der Waals surface area (Å²) >= 11 is 0. The molecule has 2 aliphatic rings. The zero-order chi connectivity index (χ0) is 20.7. The van der Waals surface area contributed by atoms with Crippen molar-refractivity contribution in [3.05, 3.63) is 34.9 Å². The third-order valence-electron chi connectivity index (χ3n) is 6.90. The SMILES string of the molecule is CCCCCCC(C)(C)c1cc(O)c2c(c1)OC(C)(C)[C@H]1C(O)C=C(C)C[C@@H]21. The maximum atomic E-state index is 11.0. The molecular formula is C25H38O3. The van der Waals surface area contributed by atoms with E-state index in [1.54, 1.807) is 0 Å². The molecule has 0 amide bonds. The molecule has 0 saturated heterocycles. The number of rotatable bonds is 6. The van der Waals surface area contributed by atoms with Gasteiger partial charge in [0.25, 0.3) is 0 Å². The van der Waals surface area contributed by atoms with Crippen molar-refractivity contribution in [2.24, 2.45) is 5.92 Å². The molecule has 0 saturated carbocycles. The number of unbranched alkanes of at least 4 members (excludes halogenated alkanes) is 3. The molecule has 3 rings (SSSR count). The van der Waals surface area contributed by atoms with Gasteiger partial charge in [0, 0.05) is 17.4 Å². The topological polar surface area (TPSA) is 49.7 Å². The Morgan fingerprint density at radius 3 is 2.57 bits per heavy atom. The summed E-state index contributed by atoms with van der Waals surface area (Å²) in [6.45, 7) is 12.9. The first-order valence-electron chi connectivity index (χ1n) is 11.0. The van der Waals surface area contributed by atoms with Gasteiger partial charge in [-0.05, 0) is 56.7 Å². The van der Waals surface area contributed by atoms with E-state index in [2.05, 4.69) is 47.6 Å². The summed E-state index contributed by atoms with van der Waals surface area (Å²) in [5, 5.41) is 21.7. The lowest BCUT2D eigenvalue weighted by molar-refractivity contribution is -0.0457. The highest BCUT2D eigenvalue weighted by atomic mass is 16.5. The van der Waals surface area contributed by atoms with Gasteiger partial charge in [-0.1, -0.05) is 58.1 Å². The summed E-state index contributed by atoms with van der Waals surface area (Å²) in [5.74, 6) is 1.15. The largest absolute Gasteiger partial charge is 0.508 e. The van der Waals surface area contributed by atoms with E-state index in [4.69, 9.17) is 4.74 Å². The van der Waals surface area contributed by atoms with Gasteiger partial charge in [-0.15, -0.1) is 0 Å². The van der Waals surface area contributed by atoms with Crippen LogP contribution in [-0.4, -0.2) is 21.9 Å². The number of phenols is 1. The van der Waals surface area contributed by atoms with Crippen molar-refractivity contribution in [3.63, 3.8) is 0 Å². The first kappa shape index (κ1) is 21.2. The second kappa shape index (κ2) is 7.74. The van der Waals surface area contributed by atoms with Crippen LogP contribution >= 0.6 is 0 Å². The van der Waals surface area contributed by atoms with Gasteiger partial charge in [0.2, 0.25) is 0 Å². The van der Waals surface area contributed by atoms with Crippen LogP contribution in [0.15, 0.2) is 23.8 Å². The minimum atomic E-state index is -0.545. The fraction of sp³-hybridized carbons (Fsp3) is 0.680. The molecule has 0 radical (unpaired) electrons. The maximum Gasteiger partial charge on any atom is 0.127 e. The molecule has 0 spiro atoms. The molecule has 1 aromatic rings. The number of hydrogen-bond acceptors (Lipinski definition) is 3. The molecule has 0 bridgehead atoms. The summed E-state index contributed by atoms with van der Waals surface area (Å²) in [6, 6.07) is 4.09. The van der Waals surface area contributed by atoms with Crippen LogP contribution in [0, 0.1) is 5.92 Å². The van der Waals surface area contributed by atoms with Gasteiger partial charge >= 0.3 is 0 Å². The summed E-state index contributed by atoms with van der Waals surface area (Å²) in [6.07, 6.45) is 8.33. The molecule has 3 atom stereocenters. The summed E-state index contributed by atoms with van der Waals surface area (Å²) in [4.78, 5) is 0. The highest BCUT2D eigenvalue weighted by Crippen LogP contribution is 2.55. The van der Waals surface area contributed by atoms with Gasteiger partial charge in [0.05, 0.1) is 6.10 Å². The van der Waals surface area contributed by atoms with Crippen molar-refractivity contribution in [3.8, 4) is 11.5 Å². The van der Waals surface area contributed by atoms with E-state index >= 15 is 0 Å². The van der Waals surface area contributed by atoms with E-state index in [9.17, 15) is 10.2 Å². The first-order valence-corrected chi connectivity index (χ1v) is 11.0. The van der Waals surface area contributed by atoms with Crippen LogP contribution < -0.4 is 4.74 Å². The molecule has 156 valence electrons. The fourth-order valence-electron chi connectivity index (χ4n) is 5.30. The van der Waals surface area contributed by atoms with Crippen molar-refractivity contribution in [1.29, 1.82) is 0 Å². The number of aromatic hydroxyl groups is 1. The number of aliphatic hydroxyl groups is 1. The van der Waals surface area contributed by atoms with Crippen LogP contribution in [0.25, 0.3) is 0 Å². The quantitative estimate of drug-likeness (QED) is 0.450. The third-order valence-corrected chi connectivity index (χ3v) is 6.90. The highest BCUT2D eigenvalue weighted by molar-refractivity contribution is 5.54. The molecule has 2 N–H and O–H groups in total. The second-order valence-corrected chi connectivity index (χ2v) is 10.1. The van der Waals surface area contributed by atoms with Crippen LogP contribution in [-0.2, 0) is 5.41 Å². The Bertz CT molecular complexity index is 744. The van der Waals surface area contributed by atoms with E-state index in [1.165, 1.54) is 31.3 Å². The maximum absolute atomic E-state index is 11.0. The predicted molar refractivity (Wildman–Crippen MR) is 115 cm³/mol. The Morgan fingerprint density at radius 1 is 1.18 bits per heavy atom. The Morgan fingerprint density at radius 2 is 1.89 bits per heavy atom. The second-order valence-electron chi connectivity index (χ2n) is 10.1. The van der Waals surface area contributed by atoms with Crippen LogP contribution in [0.2, 0.25) is 0 Å². The molecule has 0 aromatic heterocycles. The number of phenolic OH excluding ortho intramolecular Hbond substituents is 1. The van der Waals surface area contributed by atoms with Crippen molar-refractivity contribution in [2.75, 3.05) is 0 Å². The Kier molecular flexibility index (Phi) is 5.87. The lowest BCUT2D eigenvalue weighted by atomic mass is 9.65. The van der Waals surface area contributed by atoms with Crippen LogP contribution in [0.1, 0.15) is 97.1 Å². The number of benzene rings is 1. The number of allylic oxidation sites excluding steroid dienone is 1. The summed E-state index contributed by atoms with van der Waals surface area (Å²) in [7, 11) is 0. The predicted octanol–water partition coefficient (Wildman–Crippen LogP) is 6.22. The molecule has 3 nitrogen and oxygen atoms in total. The average Bonchev–Trinajstić information content (AvgIpc) is 2.56. The van der Waals surface area contributed by atoms with Gasteiger partial charge in [-0.3, -0.25) is 0 Å². The zero-order valence-corrected chi connectivity index (χ0v) is 18.5. The van der Waals surface area contributed by atoms with E-state index in [0.717, 1.165) is 29.7 Å². The van der Waals surface area contributed by atoms with Crippen molar-refractivity contribution < 1.29 is 14.9 Å². The van der Waals surface area contributed by atoms with E-state index in [0.29, 0.717) is 5.75 Å². The van der Waals surface area contributed by atoms with Crippen LogP contribution in [0.4, 0.5) is 0 Å². The molecule has 1 aromatic carbocycles. The van der Waals surface area contributed by atoms with Gasteiger partial charge in [0.15, 0.2) is 0 Å². The first-order chi connectivity index (χ1) is 13.1. The van der Waals surface area contributed by atoms with E-state index in [1.807, 2.05) is 12.1 Å². The minimum absolute atomic E-state index is 0.00744. The fourth-order valence-corrected chi connectivity index (χ4v) is 5.30. The Labute approximate surface area is 170 Å². The van der Waals surface area contributed by atoms with Crippen LogP contribution in [0.3, 0.4) is 0 Å². The van der Waals surface area contributed by atoms with Crippen molar-refractivity contribution in [2.45, 2.75) is 103 Å². The normalized spacial score (nSPS) is 26.1. The van der Waals surface area contributed by atoms with Crippen LogP contribution in [0.5, 0.6) is 11.5 Å². The highest BCUT2D eigenvalue weighted by Gasteiger charge is 2.49.